The maximum Gasteiger partial charge on any atom is 0.130 e. The van der Waals surface area contributed by atoms with Gasteiger partial charge in [-0.3, -0.25) is 4.68 Å². The maximum atomic E-state index is 10.3. The van der Waals surface area contributed by atoms with Gasteiger partial charge in [-0.1, -0.05) is 15.9 Å². The lowest BCUT2D eigenvalue weighted by Crippen LogP contribution is -2.18. The summed E-state index contributed by atoms with van der Waals surface area (Å²) in [5, 5.41) is 14.5. The Bertz CT molecular complexity index is 597. The van der Waals surface area contributed by atoms with Crippen molar-refractivity contribution in [2.24, 2.45) is 0 Å². The van der Waals surface area contributed by atoms with Crippen LogP contribution in [0.15, 0.2) is 35.1 Å². The third-order valence-electron chi connectivity index (χ3n) is 3.39. The normalized spacial score (nSPS) is 21.8. The van der Waals surface area contributed by atoms with Crippen molar-refractivity contribution in [3.05, 3.63) is 46.2 Å². The highest BCUT2D eigenvalue weighted by atomic mass is 79.9. The Labute approximate surface area is 120 Å². The van der Waals surface area contributed by atoms with E-state index < -0.39 is 6.10 Å². The zero-order valence-corrected chi connectivity index (χ0v) is 12.2. The highest BCUT2D eigenvalue weighted by Gasteiger charge is 2.28. The first kappa shape index (κ1) is 12.7. The fourth-order valence-corrected chi connectivity index (χ4v) is 2.72. The molecule has 0 amide bonds. The summed E-state index contributed by atoms with van der Waals surface area (Å²) in [4.78, 5) is 0. The summed E-state index contributed by atoms with van der Waals surface area (Å²) >= 11 is 3.41. The van der Waals surface area contributed by atoms with Gasteiger partial charge in [0.25, 0.3) is 0 Å². The van der Waals surface area contributed by atoms with Crippen LogP contribution in [-0.2, 0) is 6.54 Å². The molecule has 0 bridgehead atoms. The van der Waals surface area contributed by atoms with E-state index in [2.05, 4.69) is 21.0 Å². The summed E-state index contributed by atoms with van der Waals surface area (Å²) in [5.41, 5.74) is 1.85. The van der Waals surface area contributed by atoms with E-state index >= 15 is 0 Å². The Kier molecular flexibility index (Phi) is 3.33. The van der Waals surface area contributed by atoms with Crippen molar-refractivity contribution >= 4 is 15.9 Å². The second kappa shape index (κ2) is 4.98. The van der Waals surface area contributed by atoms with Gasteiger partial charge in [0.2, 0.25) is 0 Å². The number of aliphatic hydroxyl groups is 1. The molecule has 0 aliphatic carbocycles. The van der Waals surface area contributed by atoms with E-state index in [0.29, 0.717) is 6.42 Å². The number of hydrogen-bond acceptors (Lipinski definition) is 3. The van der Waals surface area contributed by atoms with Crippen LogP contribution in [0.1, 0.15) is 36.7 Å². The number of aromatic nitrogens is 2. The van der Waals surface area contributed by atoms with Crippen molar-refractivity contribution in [3.8, 4) is 5.75 Å². The van der Waals surface area contributed by atoms with E-state index in [4.69, 9.17) is 4.74 Å². The zero-order chi connectivity index (χ0) is 13.4. The Morgan fingerprint density at radius 2 is 2.37 bits per heavy atom. The van der Waals surface area contributed by atoms with Crippen molar-refractivity contribution in [1.29, 1.82) is 0 Å². The van der Waals surface area contributed by atoms with E-state index in [1.165, 1.54) is 0 Å². The average molecular weight is 323 g/mol. The Hall–Kier alpha value is -1.33. The van der Waals surface area contributed by atoms with Crippen molar-refractivity contribution in [3.63, 3.8) is 0 Å². The molecular formula is C14H15BrN2O2. The lowest BCUT2D eigenvalue weighted by Gasteiger charge is -2.29. The predicted octanol–water partition coefficient (Wildman–Crippen LogP) is 3.22. The number of aryl methyl sites for hydroxylation is 1. The molecule has 2 atom stereocenters. The highest BCUT2D eigenvalue weighted by molar-refractivity contribution is 9.10. The summed E-state index contributed by atoms with van der Waals surface area (Å²) in [6, 6.07) is 5.72. The first-order valence-corrected chi connectivity index (χ1v) is 7.13. The molecule has 1 aliphatic rings. The van der Waals surface area contributed by atoms with Crippen LogP contribution >= 0.6 is 15.9 Å². The van der Waals surface area contributed by atoms with Crippen LogP contribution in [-0.4, -0.2) is 14.9 Å². The number of rotatable bonds is 2. The van der Waals surface area contributed by atoms with E-state index in [-0.39, 0.29) is 6.10 Å². The van der Waals surface area contributed by atoms with Gasteiger partial charge in [0.05, 0.1) is 12.3 Å². The minimum absolute atomic E-state index is 0.135. The van der Waals surface area contributed by atoms with Crippen molar-refractivity contribution in [2.45, 2.75) is 32.1 Å². The lowest BCUT2D eigenvalue weighted by molar-refractivity contribution is 0.0656. The molecule has 1 aromatic carbocycles. The summed E-state index contributed by atoms with van der Waals surface area (Å²) in [6.45, 7) is 2.87. The minimum Gasteiger partial charge on any atom is -0.485 e. The van der Waals surface area contributed by atoms with Crippen molar-refractivity contribution in [2.75, 3.05) is 0 Å². The molecule has 0 fully saturated rings. The Morgan fingerprint density at radius 3 is 3.11 bits per heavy atom. The Morgan fingerprint density at radius 1 is 1.53 bits per heavy atom. The highest BCUT2D eigenvalue weighted by Crippen LogP contribution is 2.41. The molecule has 3 rings (SSSR count). The van der Waals surface area contributed by atoms with Gasteiger partial charge in [-0.25, -0.2) is 0 Å². The molecule has 0 spiro atoms. The van der Waals surface area contributed by atoms with E-state index in [0.717, 1.165) is 27.9 Å². The molecule has 4 nitrogen and oxygen atoms in total. The van der Waals surface area contributed by atoms with Crippen LogP contribution in [0.25, 0.3) is 0 Å². The van der Waals surface area contributed by atoms with Gasteiger partial charge in [-0.15, -0.1) is 0 Å². The second-order valence-corrected chi connectivity index (χ2v) is 5.59. The molecule has 0 saturated carbocycles. The summed E-state index contributed by atoms with van der Waals surface area (Å²) in [5.74, 6) is 0.746. The number of benzene rings is 1. The smallest absolute Gasteiger partial charge is 0.130 e. The topological polar surface area (TPSA) is 47.3 Å². The molecule has 19 heavy (non-hydrogen) atoms. The molecule has 5 heteroatoms. The van der Waals surface area contributed by atoms with Crippen LogP contribution in [0.2, 0.25) is 0 Å². The number of halogens is 1. The quantitative estimate of drug-likeness (QED) is 0.923. The van der Waals surface area contributed by atoms with Gasteiger partial charge in [0, 0.05) is 34.8 Å². The van der Waals surface area contributed by atoms with Gasteiger partial charge in [-0.2, -0.15) is 5.10 Å². The number of nitrogens with zero attached hydrogens (tertiary/aromatic N) is 2. The van der Waals surface area contributed by atoms with Gasteiger partial charge in [-0.05, 0) is 25.1 Å². The van der Waals surface area contributed by atoms with Gasteiger partial charge in [0.15, 0.2) is 0 Å². The standard InChI is InChI=1S/C14H15BrN2O2/c1-2-17-8-9(7-16-17)14-6-12(18)11-5-10(15)3-4-13(11)19-14/h3-5,7-8,12,14,18H,2,6H2,1H3. The van der Waals surface area contributed by atoms with E-state index in [1.807, 2.05) is 42.2 Å². The molecule has 2 aromatic rings. The number of fused-ring (bicyclic) bond motifs is 1. The Balaban J connectivity index is 1.90. The van der Waals surface area contributed by atoms with E-state index in [9.17, 15) is 5.11 Å². The van der Waals surface area contributed by atoms with Crippen molar-refractivity contribution < 1.29 is 9.84 Å². The van der Waals surface area contributed by atoms with Crippen LogP contribution < -0.4 is 4.74 Å². The molecule has 1 aromatic heterocycles. The molecule has 1 N–H and O–H groups in total. The molecule has 0 radical (unpaired) electrons. The van der Waals surface area contributed by atoms with Crippen LogP contribution in [0.3, 0.4) is 0 Å². The number of hydrogen-bond donors (Lipinski definition) is 1. The third-order valence-corrected chi connectivity index (χ3v) is 3.88. The van der Waals surface area contributed by atoms with Crippen LogP contribution in [0, 0.1) is 0 Å². The first-order chi connectivity index (χ1) is 9.17. The third kappa shape index (κ3) is 2.40. The fourth-order valence-electron chi connectivity index (χ4n) is 2.34. The zero-order valence-electron chi connectivity index (χ0n) is 10.6. The molecule has 1 aliphatic heterocycles. The SMILES string of the molecule is CCn1cc(C2CC(O)c3cc(Br)ccc3O2)cn1. The summed E-state index contributed by atoms with van der Waals surface area (Å²) in [7, 11) is 0. The number of aliphatic hydroxyl groups excluding tert-OH is 1. The lowest BCUT2D eigenvalue weighted by atomic mass is 9.96. The van der Waals surface area contributed by atoms with Crippen molar-refractivity contribution in [1.82, 2.24) is 9.78 Å². The monoisotopic (exact) mass is 322 g/mol. The first-order valence-electron chi connectivity index (χ1n) is 6.34. The molecular weight excluding hydrogens is 308 g/mol. The molecule has 2 heterocycles. The summed E-state index contributed by atoms with van der Waals surface area (Å²) < 4.78 is 8.78. The second-order valence-electron chi connectivity index (χ2n) is 4.67. The van der Waals surface area contributed by atoms with Crippen LogP contribution in [0.5, 0.6) is 5.75 Å². The number of ether oxygens (including phenoxy) is 1. The maximum absolute atomic E-state index is 10.3. The van der Waals surface area contributed by atoms with Gasteiger partial charge >= 0.3 is 0 Å². The largest absolute Gasteiger partial charge is 0.485 e. The van der Waals surface area contributed by atoms with E-state index in [1.54, 1.807) is 0 Å². The van der Waals surface area contributed by atoms with Crippen LogP contribution in [0.4, 0.5) is 0 Å². The van der Waals surface area contributed by atoms with Gasteiger partial charge < -0.3 is 9.84 Å². The predicted molar refractivity (Wildman–Crippen MR) is 75.0 cm³/mol. The van der Waals surface area contributed by atoms with Gasteiger partial charge in [0.1, 0.15) is 11.9 Å². The fraction of sp³-hybridized carbons (Fsp3) is 0.357. The molecule has 100 valence electrons. The molecule has 0 saturated heterocycles. The summed E-state index contributed by atoms with van der Waals surface area (Å²) in [6.07, 6.45) is 3.70. The molecule has 2 unspecified atom stereocenters. The minimum atomic E-state index is -0.503. The average Bonchev–Trinajstić information content (AvgIpc) is 2.88.